The predicted molar refractivity (Wildman–Crippen MR) is 89.8 cm³/mol. The number of ether oxygens (including phenoxy) is 1. The summed E-state index contributed by atoms with van der Waals surface area (Å²) in [5, 5.41) is 9.43. The first-order valence-electron chi connectivity index (χ1n) is 8.65. The fourth-order valence-electron chi connectivity index (χ4n) is 2.90. The Labute approximate surface area is 150 Å². The van der Waals surface area contributed by atoms with E-state index in [9.17, 15) is 18.4 Å². The highest BCUT2D eigenvalue weighted by atomic mass is 19.4. The molecule has 2 N–H and O–H groups in total. The van der Waals surface area contributed by atoms with Crippen molar-refractivity contribution in [3.8, 4) is 11.8 Å². The minimum atomic E-state index is -4.42. The maximum absolute atomic E-state index is 12.5. The molecule has 5 nitrogen and oxygen atoms in total. The molecule has 0 saturated heterocycles. The summed E-state index contributed by atoms with van der Waals surface area (Å²) in [4.78, 5) is 8.54. The quantitative estimate of drug-likeness (QED) is 0.589. The van der Waals surface area contributed by atoms with E-state index in [1.807, 2.05) is 0 Å². The third-order valence-corrected chi connectivity index (χ3v) is 4.56. The Morgan fingerprint density at radius 2 is 2.08 bits per heavy atom. The normalized spacial score (nSPS) is 20.3. The topological polar surface area (TPSA) is 84.3 Å². The van der Waals surface area contributed by atoms with Gasteiger partial charge in [0.1, 0.15) is 22.8 Å². The Hall–Kier alpha value is -2.30. The average Bonchev–Trinajstić information content (AvgIpc) is 3.46. The second-order valence-corrected chi connectivity index (χ2v) is 7.32. The molecule has 1 aromatic heterocycles. The van der Waals surface area contributed by atoms with E-state index in [-0.39, 0.29) is 23.2 Å². The van der Waals surface area contributed by atoms with Gasteiger partial charge in [-0.05, 0) is 38.0 Å². The van der Waals surface area contributed by atoms with Crippen LogP contribution in [0.15, 0.2) is 17.3 Å². The number of pyridine rings is 1. The minimum Gasteiger partial charge on any atom is -0.484 e. The Kier molecular flexibility index (Phi) is 4.82. The zero-order valence-electron chi connectivity index (χ0n) is 14.5. The highest BCUT2D eigenvalue weighted by Gasteiger charge is 2.34. The summed E-state index contributed by atoms with van der Waals surface area (Å²) in [7, 11) is 0. The average molecular weight is 366 g/mol. The molecular formula is C18H21F3N4O. The number of halogens is 3. The van der Waals surface area contributed by atoms with Crippen molar-refractivity contribution < 1.29 is 17.9 Å². The lowest BCUT2D eigenvalue weighted by molar-refractivity contribution is -0.153. The maximum atomic E-state index is 12.5. The lowest BCUT2D eigenvalue weighted by Gasteiger charge is -2.18. The molecule has 2 fully saturated rings. The van der Waals surface area contributed by atoms with E-state index in [4.69, 9.17) is 10.5 Å². The van der Waals surface area contributed by atoms with E-state index in [1.165, 1.54) is 12.3 Å². The van der Waals surface area contributed by atoms with Crippen molar-refractivity contribution in [2.75, 3.05) is 6.61 Å². The van der Waals surface area contributed by atoms with Crippen LogP contribution in [0.2, 0.25) is 0 Å². The van der Waals surface area contributed by atoms with Gasteiger partial charge in [-0.3, -0.25) is 4.98 Å². The standard InChI is InChI=1S/C18H21F3N4O/c1-17(9-22,7-11-2-3-11)25-16(23)14-6-15(26-10-18(19,20)21)13(8-24-14)12-4-5-12/h6,8,11-12H,2-5,7,10H2,1H3,(H2,23,25). The van der Waals surface area contributed by atoms with Crippen molar-refractivity contribution in [2.24, 2.45) is 16.6 Å². The number of hydrogen-bond donors (Lipinski definition) is 1. The van der Waals surface area contributed by atoms with Crippen LogP contribution in [0.4, 0.5) is 13.2 Å². The highest BCUT2D eigenvalue weighted by Crippen LogP contribution is 2.44. The fraction of sp³-hybridized carbons (Fsp3) is 0.611. The van der Waals surface area contributed by atoms with Gasteiger partial charge in [0.15, 0.2) is 6.61 Å². The van der Waals surface area contributed by atoms with Crippen molar-refractivity contribution >= 4 is 5.84 Å². The molecule has 1 heterocycles. The van der Waals surface area contributed by atoms with Crippen LogP contribution < -0.4 is 10.5 Å². The molecule has 3 rings (SSSR count). The lowest BCUT2D eigenvalue weighted by atomic mass is 9.97. The van der Waals surface area contributed by atoms with Gasteiger partial charge in [0.25, 0.3) is 0 Å². The molecule has 2 saturated carbocycles. The van der Waals surface area contributed by atoms with Gasteiger partial charge in [0, 0.05) is 17.8 Å². The van der Waals surface area contributed by atoms with Gasteiger partial charge in [-0.2, -0.15) is 18.4 Å². The van der Waals surface area contributed by atoms with Crippen molar-refractivity contribution in [3.05, 3.63) is 23.5 Å². The zero-order valence-corrected chi connectivity index (χ0v) is 14.5. The van der Waals surface area contributed by atoms with Crippen LogP contribution >= 0.6 is 0 Å². The Bertz CT molecular complexity index is 748. The molecule has 140 valence electrons. The molecule has 8 heteroatoms. The summed E-state index contributed by atoms with van der Waals surface area (Å²) in [5.41, 5.74) is 5.93. The van der Waals surface area contributed by atoms with E-state index in [0.717, 1.165) is 25.7 Å². The van der Waals surface area contributed by atoms with E-state index in [1.54, 1.807) is 6.92 Å². The number of rotatable bonds is 7. The van der Waals surface area contributed by atoms with Gasteiger partial charge in [-0.15, -0.1) is 0 Å². The SMILES string of the molecule is CC(C#N)(CC1CC1)N=C(N)c1cc(OCC(F)(F)F)c(C2CC2)cn1. The minimum absolute atomic E-state index is 0.0360. The second-order valence-electron chi connectivity index (χ2n) is 7.32. The molecule has 1 unspecified atom stereocenters. The van der Waals surface area contributed by atoms with Crippen LogP contribution in [-0.4, -0.2) is 29.1 Å². The molecular weight excluding hydrogens is 345 g/mol. The lowest BCUT2D eigenvalue weighted by Crippen LogP contribution is -2.27. The van der Waals surface area contributed by atoms with E-state index < -0.39 is 18.3 Å². The van der Waals surface area contributed by atoms with Crippen LogP contribution in [0.5, 0.6) is 5.75 Å². The molecule has 26 heavy (non-hydrogen) atoms. The van der Waals surface area contributed by atoms with Crippen molar-refractivity contribution in [2.45, 2.75) is 56.7 Å². The largest absolute Gasteiger partial charge is 0.484 e. The Morgan fingerprint density at radius 1 is 1.38 bits per heavy atom. The van der Waals surface area contributed by atoms with E-state index in [0.29, 0.717) is 17.9 Å². The molecule has 0 aromatic carbocycles. The van der Waals surface area contributed by atoms with Gasteiger partial charge < -0.3 is 10.5 Å². The van der Waals surface area contributed by atoms with E-state index in [2.05, 4.69) is 16.0 Å². The number of amidine groups is 1. The Balaban J connectivity index is 1.84. The van der Waals surface area contributed by atoms with Crippen LogP contribution in [0.3, 0.4) is 0 Å². The first kappa shape index (κ1) is 18.5. The number of hydrogen-bond acceptors (Lipinski definition) is 4. The number of aromatic nitrogens is 1. The van der Waals surface area contributed by atoms with Gasteiger partial charge in [0.05, 0.1) is 6.07 Å². The van der Waals surface area contributed by atoms with Crippen LogP contribution in [0, 0.1) is 17.2 Å². The van der Waals surface area contributed by atoms with Crippen LogP contribution in [0.1, 0.15) is 56.2 Å². The first-order valence-corrected chi connectivity index (χ1v) is 8.65. The maximum Gasteiger partial charge on any atom is 0.422 e. The van der Waals surface area contributed by atoms with Gasteiger partial charge in [-0.1, -0.05) is 12.8 Å². The smallest absolute Gasteiger partial charge is 0.422 e. The third-order valence-electron chi connectivity index (χ3n) is 4.56. The van der Waals surface area contributed by atoms with Crippen molar-refractivity contribution in [1.29, 1.82) is 5.26 Å². The molecule has 1 aromatic rings. The van der Waals surface area contributed by atoms with Gasteiger partial charge in [-0.25, -0.2) is 4.99 Å². The number of nitrogens with zero attached hydrogens (tertiary/aromatic N) is 3. The number of nitriles is 1. The summed E-state index contributed by atoms with van der Waals surface area (Å²) in [5.74, 6) is 0.826. The predicted octanol–water partition coefficient (Wildman–Crippen LogP) is 3.69. The molecule has 0 amide bonds. The van der Waals surface area contributed by atoms with Crippen molar-refractivity contribution in [3.63, 3.8) is 0 Å². The summed E-state index contributed by atoms with van der Waals surface area (Å²) >= 11 is 0. The third kappa shape index (κ3) is 4.87. The summed E-state index contributed by atoms with van der Waals surface area (Å²) in [6.07, 6.45) is 1.66. The molecule has 0 spiro atoms. The number of nitrogens with two attached hydrogens (primary N) is 1. The van der Waals surface area contributed by atoms with Crippen LogP contribution in [-0.2, 0) is 0 Å². The fourth-order valence-corrected chi connectivity index (χ4v) is 2.90. The Morgan fingerprint density at radius 3 is 2.62 bits per heavy atom. The van der Waals surface area contributed by atoms with Gasteiger partial charge in [0.2, 0.25) is 0 Å². The number of aliphatic imine (C=N–C) groups is 1. The molecule has 2 aliphatic rings. The van der Waals surface area contributed by atoms with Crippen LogP contribution in [0.25, 0.3) is 0 Å². The van der Waals surface area contributed by atoms with E-state index >= 15 is 0 Å². The van der Waals surface area contributed by atoms with Gasteiger partial charge >= 0.3 is 6.18 Å². The molecule has 2 aliphatic carbocycles. The summed E-state index contributed by atoms with van der Waals surface area (Å²) in [6, 6.07) is 3.57. The van der Waals surface area contributed by atoms with Crippen molar-refractivity contribution in [1.82, 2.24) is 4.98 Å². The second kappa shape index (κ2) is 6.78. The molecule has 1 atom stereocenters. The number of alkyl halides is 3. The zero-order chi connectivity index (χ0) is 18.9. The first-order chi connectivity index (χ1) is 12.2. The molecule has 0 radical (unpaired) electrons. The summed E-state index contributed by atoms with van der Waals surface area (Å²) in [6.45, 7) is 0.336. The molecule has 0 aliphatic heterocycles. The monoisotopic (exact) mass is 366 g/mol. The summed E-state index contributed by atoms with van der Waals surface area (Å²) < 4.78 is 42.5. The molecule has 0 bridgehead atoms. The highest BCUT2D eigenvalue weighted by molar-refractivity contribution is 5.96.